The third-order valence-electron chi connectivity index (χ3n) is 5.36. The highest BCUT2D eigenvalue weighted by Crippen LogP contribution is 2.29. The first-order valence-corrected chi connectivity index (χ1v) is 20.3. The lowest BCUT2D eigenvalue weighted by Crippen LogP contribution is -2.30. The number of pyridine rings is 1. The molecule has 190 valence electrons. The van der Waals surface area contributed by atoms with E-state index in [1.165, 1.54) is 0 Å². The molecule has 1 aliphatic heterocycles. The molecule has 1 atom stereocenters. The Balaban J connectivity index is 1.71. The summed E-state index contributed by atoms with van der Waals surface area (Å²) in [5, 5.41) is 8.94. The molecule has 0 amide bonds. The van der Waals surface area contributed by atoms with Crippen LogP contribution in [0.15, 0.2) is 16.7 Å². The fourth-order valence-electron chi connectivity index (χ4n) is 3.47. The normalized spacial score (nSPS) is 17.2. The van der Waals surface area contributed by atoms with Gasteiger partial charge in [0.1, 0.15) is 10.3 Å². The van der Waals surface area contributed by atoms with Gasteiger partial charge in [-0.2, -0.15) is 0 Å². The van der Waals surface area contributed by atoms with Gasteiger partial charge in [-0.1, -0.05) is 44.5 Å². The number of hydrogen-bond acceptors (Lipinski definition) is 7. The molecule has 0 spiro atoms. The van der Waals surface area contributed by atoms with Crippen LogP contribution in [0.2, 0.25) is 45.3 Å². The zero-order valence-electron chi connectivity index (χ0n) is 21.4. The maximum absolute atomic E-state index is 6.11. The van der Waals surface area contributed by atoms with E-state index < -0.39 is 16.1 Å². The summed E-state index contributed by atoms with van der Waals surface area (Å²) in [5.41, 5.74) is 2.39. The number of halogens is 1. The summed E-state index contributed by atoms with van der Waals surface area (Å²) >= 11 is 3.54. The lowest BCUT2D eigenvalue weighted by atomic mass is 10.2. The van der Waals surface area contributed by atoms with Crippen molar-refractivity contribution in [2.75, 3.05) is 20.0 Å². The Morgan fingerprint density at radius 2 is 1.91 bits per heavy atom. The average Bonchev–Trinajstić information content (AvgIpc) is 3.13. The molecule has 0 N–H and O–H groups in total. The summed E-state index contributed by atoms with van der Waals surface area (Å²) in [6.45, 7) is 16.0. The van der Waals surface area contributed by atoms with Gasteiger partial charge in [-0.15, -0.1) is 5.10 Å². The highest BCUT2D eigenvalue weighted by molar-refractivity contribution is 9.10. The van der Waals surface area contributed by atoms with Gasteiger partial charge in [-0.3, -0.25) is 0 Å². The van der Waals surface area contributed by atoms with Gasteiger partial charge in [-0.25, -0.2) is 9.67 Å². The average molecular weight is 572 g/mol. The maximum Gasteiger partial charge on any atom is 0.189 e. The zero-order chi connectivity index (χ0) is 24.8. The second kappa shape index (κ2) is 12.2. The molecule has 8 nitrogen and oxygen atoms in total. The van der Waals surface area contributed by atoms with Crippen LogP contribution in [0.5, 0.6) is 5.75 Å². The number of aromatic nitrogens is 4. The van der Waals surface area contributed by atoms with Crippen molar-refractivity contribution in [2.45, 2.75) is 83.7 Å². The van der Waals surface area contributed by atoms with Gasteiger partial charge in [0.2, 0.25) is 0 Å². The quantitative estimate of drug-likeness (QED) is 0.140. The second-order valence-corrected chi connectivity index (χ2v) is 23.0. The minimum absolute atomic E-state index is 0.173. The predicted octanol–water partition coefficient (Wildman–Crippen LogP) is 5.71. The molecule has 2 aromatic rings. The number of ether oxygens (including phenoxy) is 4. The van der Waals surface area contributed by atoms with Crippen molar-refractivity contribution in [3.8, 4) is 17.1 Å². The summed E-state index contributed by atoms with van der Waals surface area (Å²) in [7, 11) is -2.54. The Labute approximate surface area is 213 Å². The van der Waals surface area contributed by atoms with Gasteiger partial charge in [0.05, 0.1) is 26.1 Å². The summed E-state index contributed by atoms with van der Waals surface area (Å²) in [4.78, 5) is 4.70. The van der Waals surface area contributed by atoms with Crippen LogP contribution in [0.25, 0.3) is 11.4 Å². The monoisotopic (exact) mass is 570 g/mol. The van der Waals surface area contributed by atoms with Crippen molar-refractivity contribution in [3.63, 3.8) is 0 Å². The van der Waals surface area contributed by atoms with Gasteiger partial charge in [0, 0.05) is 27.5 Å². The van der Waals surface area contributed by atoms with Crippen LogP contribution in [-0.4, -0.2) is 62.4 Å². The molecule has 1 aliphatic rings. The van der Waals surface area contributed by atoms with Gasteiger partial charge in [0.25, 0.3) is 0 Å². The SMILES string of the molecule is C[Si](C)(C)CCOCOc1ccc(-c2nnn(C[Si](C)(C)C)c2COC2CCCCO2)nc1Br. The van der Waals surface area contributed by atoms with Crippen LogP contribution in [-0.2, 0) is 27.0 Å². The van der Waals surface area contributed by atoms with Crippen LogP contribution in [0.3, 0.4) is 0 Å². The van der Waals surface area contributed by atoms with Crippen molar-refractivity contribution in [3.05, 3.63) is 22.4 Å². The van der Waals surface area contributed by atoms with E-state index in [1.54, 1.807) is 0 Å². The molecule has 1 unspecified atom stereocenters. The summed E-state index contributed by atoms with van der Waals surface area (Å²) in [5.74, 6) is 0.639. The highest BCUT2D eigenvalue weighted by Gasteiger charge is 2.24. The van der Waals surface area contributed by atoms with E-state index in [2.05, 4.69) is 65.5 Å². The maximum atomic E-state index is 6.11. The van der Waals surface area contributed by atoms with Gasteiger partial charge in [0.15, 0.2) is 18.8 Å². The summed E-state index contributed by atoms with van der Waals surface area (Å²) < 4.78 is 25.9. The Hall–Kier alpha value is -1.12. The smallest absolute Gasteiger partial charge is 0.189 e. The summed E-state index contributed by atoms with van der Waals surface area (Å²) in [6.07, 6.45) is 3.83. The Kier molecular flexibility index (Phi) is 9.87. The minimum Gasteiger partial charge on any atom is -0.465 e. The van der Waals surface area contributed by atoms with Gasteiger partial charge in [-0.05, 0) is 53.4 Å². The molecule has 0 bridgehead atoms. The van der Waals surface area contributed by atoms with Crippen molar-refractivity contribution in [1.29, 1.82) is 0 Å². The van der Waals surface area contributed by atoms with Crippen LogP contribution in [0, 0.1) is 0 Å². The highest BCUT2D eigenvalue weighted by atomic mass is 79.9. The van der Waals surface area contributed by atoms with E-state index in [0.29, 0.717) is 23.6 Å². The van der Waals surface area contributed by atoms with Crippen molar-refractivity contribution in [2.24, 2.45) is 0 Å². The first kappa shape index (κ1) is 27.5. The molecule has 0 radical (unpaired) electrons. The predicted molar refractivity (Wildman–Crippen MR) is 142 cm³/mol. The molecule has 34 heavy (non-hydrogen) atoms. The van der Waals surface area contributed by atoms with Crippen LogP contribution >= 0.6 is 15.9 Å². The lowest BCUT2D eigenvalue weighted by Gasteiger charge is -2.23. The third-order valence-corrected chi connectivity index (χ3v) is 8.88. The fourth-order valence-corrected chi connectivity index (χ4v) is 5.82. The van der Waals surface area contributed by atoms with Gasteiger partial charge >= 0.3 is 0 Å². The van der Waals surface area contributed by atoms with E-state index in [-0.39, 0.29) is 13.1 Å². The first-order valence-electron chi connectivity index (χ1n) is 12.0. The molecular formula is C23H39BrN4O4Si2. The summed E-state index contributed by atoms with van der Waals surface area (Å²) in [6, 6.07) is 4.91. The minimum atomic E-state index is -1.43. The largest absolute Gasteiger partial charge is 0.465 e. The Bertz CT molecular complexity index is 925. The zero-order valence-corrected chi connectivity index (χ0v) is 25.0. The molecule has 0 saturated carbocycles. The van der Waals surface area contributed by atoms with E-state index >= 15 is 0 Å². The molecule has 2 aromatic heterocycles. The van der Waals surface area contributed by atoms with Crippen molar-refractivity contribution in [1.82, 2.24) is 20.0 Å². The number of rotatable bonds is 12. The second-order valence-electron chi connectivity index (χ2n) is 11.2. The third kappa shape index (κ3) is 8.83. The van der Waals surface area contributed by atoms with E-state index in [1.807, 2.05) is 16.8 Å². The standard InChI is InChI=1S/C23H39BrN4O4Si2/c1-33(2,3)14-13-29-17-32-20-11-10-18(25-23(20)24)22-19(15-31-21-9-7-8-12-30-21)28(27-26-22)16-34(4,5)6/h10-11,21H,7-9,12-17H2,1-6H3. The van der Waals surface area contributed by atoms with E-state index in [4.69, 9.17) is 23.9 Å². The molecular weight excluding hydrogens is 532 g/mol. The van der Waals surface area contributed by atoms with Crippen LogP contribution in [0.4, 0.5) is 0 Å². The molecule has 3 heterocycles. The molecule has 3 rings (SSSR count). The number of hydrogen-bond donors (Lipinski definition) is 0. The van der Waals surface area contributed by atoms with Crippen LogP contribution < -0.4 is 4.74 Å². The molecule has 1 fully saturated rings. The van der Waals surface area contributed by atoms with Crippen LogP contribution in [0.1, 0.15) is 25.0 Å². The Morgan fingerprint density at radius 1 is 1.12 bits per heavy atom. The number of nitrogens with zero attached hydrogens (tertiary/aromatic N) is 4. The first-order chi connectivity index (χ1) is 16.0. The van der Waals surface area contributed by atoms with Gasteiger partial charge < -0.3 is 18.9 Å². The topological polar surface area (TPSA) is 80.5 Å². The Morgan fingerprint density at radius 3 is 2.56 bits per heavy atom. The van der Waals surface area contributed by atoms with Crippen molar-refractivity contribution < 1.29 is 18.9 Å². The molecule has 0 aliphatic carbocycles. The molecule has 0 aromatic carbocycles. The fraction of sp³-hybridized carbons (Fsp3) is 0.696. The van der Waals surface area contributed by atoms with E-state index in [0.717, 1.165) is 55.2 Å². The molecule has 1 saturated heterocycles. The lowest BCUT2D eigenvalue weighted by molar-refractivity contribution is -0.169. The molecule has 11 heteroatoms. The van der Waals surface area contributed by atoms with Crippen molar-refractivity contribution >= 4 is 32.1 Å². The van der Waals surface area contributed by atoms with E-state index in [9.17, 15) is 0 Å².